The Morgan fingerprint density at radius 3 is 2.24 bits per heavy atom. The molecule has 170 valence electrons. The van der Waals surface area contributed by atoms with Gasteiger partial charge in [-0.3, -0.25) is 25.0 Å². The Kier molecular flexibility index (Phi) is 6.18. The maximum absolute atomic E-state index is 13.7. The van der Waals surface area contributed by atoms with Gasteiger partial charge in [-0.2, -0.15) is 0 Å². The number of benzene rings is 2. The molecule has 34 heavy (non-hydrogen) atoms. The fourth-order valence-electron chi connectivity index (χ4n) is 3.74. The van der Waals surface area contributed by atoms with E-state index in [9.17, 15) is 19.7 Å². The molecule has 2 aromatic carbocycles. The van der Waals surface area contributed by atoms with Crippen LogP contribution in [-0.2, 0) is 4.74 Å². The second-order valence-corrected chi connectivity index (χ2v) is 7.31. The largest absolute Gasteiger partial charge is 0.465 e. The number of nitrogens with zero attached hydrogens (tertiary/aromatic N) is 3. The van der Waals surface area contributed by atoms with Crippen LogP contribution in [-0.4, -0.2) is 33.4 Å². The van der Waals surface area contributed by atoms with E-state index in [1.807, 2.05) is 6.07 Å². The molecule has 0 saturated heterocycles. The average molecular weight is 456 g/mol. The van der Waals surface area contributed by atoms with Crippen LogP contribution in [0.5, 0.6) is 0 Å². The Morgan fingerprint density at radius 2 is 1.62 bits per heavy atom. The predicted molar refractivity (Wildman–Crippen MR) is 126 cm³/mol. The maximum atomic E-state index is 13.7. The van der Waals surface area contributed by atoms with Gasteiger partial charge in [-0.05, 0) is 13.0 Å². The summed E-state index contributed by atoms with van der Waals surface area (Å²) in [6, 6.07) is 20.3. The lowest BCUT2D eigenvalue weighted by Gasteiger charge is -2.15. The van der Waals surface area contributed by atoms with Crippen LogP contribution < -0.4 is 5.43 Å². The Bertz CT molecular complexity index is 1380. The minimum Gasteiger partial charge on any atom is -0.465 e. The van der Waals surface area contributed by atoms with Crippen molar-refractivity contribution in [1.82, 2.24) is 9.66 Å². The molecular formula is C25H20N4O5. The number of hydrogen-bond acceptors (Lipinski definition) is 7. The van der Waals surface area contributed by atoms with Gasteiger partial charge in [0, 0.05) is 23.4 Å². The number of nitro groups is 1. The van der Waals surface area contributed by atoms with Crippen LogP contribution in [0.15, 0.2) is 79.0 Å². The van der Waals surface area contributed by atoms with Crippen LogP contribution in [0.2, 0.25) is 0 Å². The van der Waals surface area contributed by atoms with Crippen LogP contribution in [0, 0.1) is 17.0 Å². The minimum absolute atomic E-state index is 0.0436. The molecule has 2 aromatic heterocycles. The predicted octanol–water partition coefficient (Wildman–Crippen LogP) is 4.66. The molecule has 0 fully saturated rings. The summed E-state index contributed by atoms with van der Waals surface area (Å²) in [7, 11) is 1.23. The summed E-state index contributed by atoms with van der Waals surface area (Å²) in [4.78, 5) is 41.7. The summed E-state index contributed by atoms with van der Waals surface area (Å²) < 4.78 is 6.47. The topological polar surface area (TPSA) is 116 Å². The zero-order chi connectivity index (χ0) is 24.2. The van der Waals surface area contributed by atoms with Crippen LogP contribution in [0.4, 0.5) is 11.5 Å². The van der Waals surface area contributed by atoms with Gasteiger partial charge in [-0.15, -0.1) is 0 Å². The molecule has 1 N–H and O–H groups in total. The van der Waals surface area contributed by atoms with Gasteiger partial charge in [-0.1, -0.05) is 60.7 Å². The van der Waals surface area contributed by atoms with Crippen molar-refractivity contribution in [2.45, 2.75) is 6.92 Å². The Hall–Kier alpha value is -4.79. The maximum Gasteiger partial charge on any atom is 0.340 e. The van der Waals surface area contributed by atoms with Crippen molar-refractivity contribution in [3.05, 3.63) is 111 Å². The molecular weight excluding hydrogens is 436 g/mol. The Morgan fingerprint density at radius 1 is 0.971 bits per heavy atom. The summed E-state index contributed by atoms with van der Waals surface area (Å²) in [5.41, 5.74) is 4.54. The lowest BCUT2D eigenvalue weighted by molar-refractivity contribution is -0.384. The van der Waals surface area contributed by atoms with Crippen LogP contribution in [0.3, 0.4) is 0 Å². The van der Waals surface area contributed by atoms with Gasteiger partial charge in [0.05, 0.1) is 34.5 Å². The van der Waals surface area contributed by atoms with E-state index in [1.54, 1.807) is 61.5 Å². The fraction of sp³-hybridized carbons (Fsp3) is 0.0800. The minimum atomic E-state index is -0.704. The van der Waals surface area contributed by atoms with Crippen molar-refractivity contribution in [3.8, 4) is 11.3 Å². The van der Waals surface area contributed by atoms with Gasteiger partial charge < -0.3 is 4.74 Å². The first-order valence-electron chi connectivity index (χ1n) is 10.3. The third-order valence-electron chi connectivity index (χ3n) is 5.31. The highest BCUT2D eigenvalue weighted by atomic mass is 16.6. The van der Waals surface area contributed by atoms with Crippen molar-refractivity contribution in [3.63, 3.8) is 0 Å². The molecule has 0 aliphatic rings. The molecule has 0 bridgehead atoms. The van der Waals surface area contributed by atoms with E-state index in [-0.39, 0.29) is 28.4 Å². The molecule has 0 aliphatic carbocycles. The zero-order valence-corrected chi connectivity index (χ0v) is 18.4. The standard InChI is InChI=1S/C25H20N4O5/c1-16-20(25(31)34-2)21(23(30)18-12-7-4-8-13-18)22(17-10-5-3-6-11-17)28(16)27-24-19(29(32)33)14-9-15-26-24/h3-15H,1-2H3,(H,26,27). The SMILES string of the molecule is COC(=O)c1c(C(=O)c2ccccc2)c(-c2ccccc2)n(Nc2ncccc2[N+](=O)[O-])c1C. The molecule has 0 saturated carbocycles. The van der Waals surface area contributed by atoms with E-state index in [4.69, 9.17) is 4.74 Å². The summed E-state index contributed by atoms with van der Waals surface area (Å²) in [6.07, 6.45) is 1.41. The molecule has 9 nitrogen and oxygen atoms in total. The lowest BCUT2D eigenvalue weighted by Crippen LogP contribution is -2.15. The molecule has 4 aromatic rings. The van der Waals surface area contributed by atoms with Crippen LogP contribution in [0.25, 0.3) is 11.3 Å². The van der Waals surface area contributed by atoms with Crippen molar-refractivity contribution in [2.75, 3.05) is 12.5 Å². The summed E-state index contributed by atoms with van der Waals surface area (Å²) in [6.45, 7) is 1.63. The number of hydrogen-bond donors (Lipinski definition) is 1. The lowest BCUT2D eigenvalue weighted by atomic mass is 9.96. The van der Waals surface area contributed by atoms with E-state index in [2.05, 4.69) is 10.4 Å². The number of rotatable bonds is 7. The average Bonchev–Trinajstić information content (AvgIpc) is 3.16. The number of ether oxygens (including phenoxy) is 1. The number of ketones is 1. The summed E-state index contributed by atoms with van der Waals surface area (Å²) in [5, 5.41) is 11.6. The van der Waals surface area contributed by atoms with Gasteiger partial charge in [-0.25, -0.2) is 9.78 Å². The number of anilines is 1. The monoisotopic (exact) mass is 456 g/mol. The molecule has 0 spiro atoms. The number of aromatic nitrogens is 2. The van der Waals surface area contributed by atoms with E-state index in [1.165, 1.54) is 30.1 Å². The Labute approximate surface area is 194 Å². The summed E-state index contributed by atoms with van der Waals surface area (Å²) >= 11 is 0. The fourth-order valence-corrected chi connectivity index (χ4v) is 3.74. The van der Waals surface area contributed by atoms with Crippen molar-refractivity contribution in [2.24, 2.45) is 0 Å². The Balaban J connectivity index is 2.04. The van der Waals surface area contributed by atoms with Crippen LogP contribution in [0.1, 0.15) is 32.0 Å². The van der Waals surface area contributed by atoms with Gasteiger partial charge in [0.15, 0.2) is 5.78 Å². The quantitative estimate of drug-likeness (QED) is 0.186. The molecule has 0 amide bonds. The number of carbonyl (C=O) groups excluding carboxylic acids is 2. The van der Waals surface area contributed by atoms with Gasteiger partial charge >= 0.3 is 11.7 Å². The molecule has 0 radical (unpaired) electrons. The first kappa shape index (κ1) is 22.4. The number of pyridine rings is 1. The first-order valence-corrected chi connectivity index (χ1v) is 10.3. The first-order chi connectivity index (χ1) is 16.4. The molecule has 9 heteroatoms. The third kappa shape index (κ3) is 4.02. The third-order valence-corrected chi connectivity index (χ3v) is 5.31. The normalized spacial score (nSPS) is 10.5. The highest BCUT2D eigenvalue weighted by Crippen LogP contribution is 2.35. The number of nitrogens with one attached hydrogen (secondary N) is 1. The van der Waals surface area contributed by atoms with Gasteiger partial charge in [0.2, 0.25) is 5.82 Å². The van der Waals surface area contributed by atoms with Crippen molar-refractivity contribution < 1.29 is 19.2 Å². The van der Waals surface area contributed by atoms with Crippen molar-refractivity contribution >= 4 is 23.3 Å². The summed E-state index contributed by atoms with van der Waals surface area (Å²) in [5.74, 6) is -1.14. The van der Waals surface area contributed by atoms with Gasteiger partial charge in [0.25, 0.3) is 0 Å². The number of esters is 1. The number of methoxy groups -OCH3 is 1. The molecule has 4 rings (SSSR count). The van der Waals surface area contributed by atoms with Gasteiger partial charge in [0.1, 0.15) is 0 Å². The second-order valence-electron chi connectivity index (χ2n) is 7.31. The molecule has 0 unspecified atom stereocenters. The van der Waals surface area contributed by atoms with E-state index in [0.717, 1.165) is 0 Å². The second kappa shape index (κ2) is 9.37. The molecule has 0 atom stereocenters. The molecule has 0 aliphatic heterocycles. The van der Waals surface area contributed by atoms with E-state index < -0.39 is 10.9 Å². The van der Waals surface area contributed by atoms with Crippen LogP contribution >= 0.6 is 0 Å². The zero-order valence-electron chi connectivity index (χ0n) is 18.4. The smallest absolute Gasteiger partial charge is 0.340 e. The highest BCUT2D eigenvalue weighted by Gasteiger charge is 2.32. The molecule has 2 heterocycles. The van der Waals surface area contributed by atoms with Crippen molar-refractivity contribution in [1.29, 1.82) is 0 Å². The number of carbonyl (C=O) groups is 2. The van der Waals surface area contributed by atoms with E-state index in [0.29, 0.717) is 22.5 Å². The highest BCUT2D eigenvalue weighted by molar-refractivity contribution is 6.18. The van der Waals surface area contributed by atoms with E-state index >= 15 is 0 Å².